The Morgan fingerprint density at radius 1 is 1.00 bits per heavy atom. The fourth-order valence-corrected chi connectivity index (χ4v) is 4.17. The van der Waals surface area contributed by atoms with Crippen LogP contribution >= 0.6 is 11.3 Å². The number of carbonyl (C=O) groups excluding carboxylic acids is 1. The molecule has 0 atom stereocenters. The molecule has 5 aromatic rings. The largest absolute Gasteiger partial charge is 0.397 e. The van der Waals surface area contributed by atoms with Crippen molar-refractivity contribution in [1.29, 1.82) is 0 Å². The van der Waals surface area contributed by atoms with Gasteiger partial charge in [-0.2, -0.15) is 0 Å². The van der Waals surface area contributed by atoms with Gasteiger partial charge in [0, 0.05) is 4.88 Å². The number of hydrogen-bond donors (Lipinski definition) is 2. The molecular weight excluding hydrogens is 406 g/mol. The van der Waals surface area contributed by atoms with Gasteiger partial charge in [0.15, 0.2) is 5.69 Å². The molecule has 0 fully saturated rings. The Morgan fingerprint density at radius 3 is 2.71 bits per heavy atom. The molecule has 0 saturated heterocycles. The third kappa shape index (κ3) is 4.04. The molecule has 5 rings (SSSR count). The number of anilines is 2. The highest BCUT2D eigenvalue weighted by molar-refractivity contribution is 7.13. The average molecular weight is 426 g/mol. The summed E-state index contributed by atoms with van der Waals surface area (Å²) in [7, 11) is 0. The van der Waals surface area contributed by atoms with E-state index in [-0.39, 0.29) is 11.6 Å². The fourth-order valence-electron chi connectivity index (χ4n) is 3.45. The van der Waals surface area contributed by atoms with Crippen LogP contribution in [0.2, 0.25) is 0 Å². The van der Waals surface area contributed by atoms with Crippen LogP contribution < -0.4 is 11.1 Å². The molecular formula is C24H19N5OS. The van der Waals surface area contributed by atoms with Crippen LogP contribution in [0.15, 0.2) is 84.4 Å². The molecule has 0 saturated carbocycles. The maximum absolute atomic E-state index is 12.7. The number of nitrogens with one attached hydrogen (secondary N) is 1. The van der Waals surface area contributed by atoms with Gasteiger partial charge in [-0.1, -0.05) is 53.7 Å². The van der Waals surface area contributed by atoms with Gasteiger partial charge in [0.2, 0.25) is 0 Å². The number of fused-ring (bicyclic) bond motifs is 1. The Morgan fingerprint density at radius 2 is 1.87 bits per heavy atom. The molecule has 0 bridgehead atoms. The van der Waals surface area contributed by atoms with Crippen LogP contribution in [0.5, 0.6) is 0 Å². The van der Waals surface area contributed by atoms with E-state index < -0.39 is 0 Å². The molecule has 6 nitrogen and oxygen atoms in total. The predicted octanol–water partition coefficient (Wildman–Crippen LogP) is 5.04. The second-order valence-electron chi connectivity index (χ2n) is 7.22. The molecule has 152 valence electrons. The zero-order valence-corrected chi connectivity index (χ0v) is 17.3. The second-order valence-corrected chi connectivity index (χ2v) is 8.16. The first-order chi connectivity index (χ1) is 15.2. The van der Waals surface area contributed by atoms with Crippen LogP contribution in [0.4, 0.5) is 11.4 Å². The molecule has 1 amide bonds. The average Bonchev–Trinajstić information content (AvgIpc) is 3.48. The minimum absolute atomic E-state index is 0.238. The van der Waals surface area contributed by atoms with Gasteiger partial charge >= 0.3 is 0 Å². The fraction of sp³-hybridized carbons (Fsp3) is 0.0417. The van der Waals surface area contributed by atoms with Crippen molar-refractivity contribution in [3.63, 3.8) is 0 Å². The first kappa shape index (κ1) is 19.0. The lowest BCUT2D eigenvalue weighted by Gasteiger charge is -2.08. The molecule has 7 heteroatoms. The van der Waals surface area contributed by atoms with Crippen LogP contribution in [0.25, 0.3) is 21.2 Å². The van der Waals surface area contributed by atoms with Crippen molar-refractivity contribution in [2.45, 2.75) is 6.54 Å². The first-order valence-corrected chi connectivity index (χ1v) is 10.7. The highest BCUT2D eigenvalue weighted by Crippen LogP contribution is 2.30. The minimum atomic E-state index is -0.347. The number of rotatable bonds is 5. The third-order valence-corrected chi connectivity index (χ3v) is 5.96. The van der Waals surface area contributed by atoms with Crippen molar-refractivity contribution in [3.05, 3.63) is 95.6 Å². The number of nitrogens with zero attached hydrogens (tertiary/aromatic N) is 3. The Labute approximate surface area is 183 Å². The molecule has 2 aromatic heterocycles. The molecule has 0 aliphatic heterocycles. The lowest BCUT2D eigenvalue weighted by molar-refractivity contribution is 0.102. The lowest BCUT2D eigenvalue weighted by atomic mass is 10.1. The molecule has 31 heavy (non-hydrogen) atoms. The standard InChI is InChI=1S/C24H19N5OS/c25-20-10-9-19(23-6-3-11-31-23)13-21(20)26-24(30)22-15-29(28-27-22)14-16-7-8-17-4-1-2-5-18(17)12-16/h1-13,15H,14,25H2,(H,26,30). The number of benzene rings is 3. The number of carbonyl (C=O) groups is 1. The topological polar surface area (TPSA) is 85.8 Å². The van der Waals surface area contributed by atoms with Gasteiger partial charge < -0.3 is 11.1 Å². The van der Waals surface area contributed by atoms with Crippen LogP contribution in [-0.2, 0) is 6.54 Å². The second kappa shape index (κ2) is 8.04. The summed E-state index contributed by atoms with van der Waals surface area (Å²) in [5.74, 6) is -0.347. The van der Waals surface area contributed by atoms with Crippen molar-refractivity contribution in [1.82, 2.24) is 15.0 Å². The van der Waals surface area contributed by atoms with Gasteiger partial charge in [0.1, 0.15) is 0 Å². The Balaban J connectivity index is 1.32. The molecule has 0 spiro atoms. The number of thiophene rings is 1. The summed E-state index contributed by atoms with van der Waals surface area (Å²) in [6.45, 7) is 0.529. The zero-order valence-electron chi connectivity index (χ0n) is 16.5. The van der Waals surface area contributed by atoms with Crippen LogP contribution in [0.3, 0.4) is 0 Å². The molecule has 0 aliphatic carbocycles. The summed E-state index contributed by atoms with van der Waals surface area (Å²) in [6.07, 6.45) is 1.64. The molecule has 0 radical (unpaired) electrons. The van der Waals surface area contributed by atoms with E-state index in [1.165, 1.54) is 10.8 Å². The number of nitrogens with two attached hydrogens (primary N) is 1. The molecule has 0 unspecified atom stereocenters. The van der Waals surface area contributed by atoms with E-state index in [2.05, 4.69) is 46.0 Å². The summed E-state index contributed by atoms with van der Waals surface area (Å²) in [5, 5.41) is 15.4. The summed E-state index contributed by atoms with van der Waals surface area (Å²) in [4.78, 5) is 13.8. The van der Waals surface area contributed by atoms with Crippen LogP contribution in [-0.4, -0.2) is 20.9 Å². The van der Waals surface area contributed by atoms with Crippen molar-refractivity contribution in [2.24, 2.45) is 0 Å². The highest BCUT2D eigenvalue weighted by atomic mass is 32.1. The normalized spacial score (nSPS) is 11.0. The van der Waals surface area contributed by atoms with Gasteiger partial charge in [-0.25, -0.2) is 4.68 Å². The van der Waals surface area contributed by atoms with Gasteiger partial charge in [0.05, 0.1) is 24.1 Å². The summed E-state index contributed by atoms with van der Waals surface area (Å²) in [6, 6.07) is 24.1. The Bertz CT molecular complexity index is 1370. The van der Waals surface area contributed by atoms with E-state index in [1.807, 2.05) is 41.8 Å². The Hall–Kier alpha value is -3.97. The summed E-state index contributed by atoms with van der Waals surface area (Å²) >= 11 is 1.63. The van der Waals surface area contributed by atoms with E-state index in [4.69, 9.17) is 5.73 Å². The number of aromatic nitrogens is 3. The maximum atomic E-state index is 12.7. The van der Waals surface area contributed by atoms with Gasteiger partial charge in [-0.3, -0.25) is 4.79 Å². The lowest BCUT2D eigenvalue weighted by Crippen LogP contribution is -2.13. The molecule has 3 N–H and O–H groups in total. The number of amides is 1. The zero-order chi connectivity index (χ0) is 21.2. The van der Waals surface area contributed by atoms with Crippen molar-refractivity contribution in [3.8, 4) is 10.4 Å². The smallest absolute Gasteiger partial charge is 0.277 e. The summed E-state index contributed by atoms with van der Waals surface area (Å²) < 4.78 is 1.66. The SMILES string of the molecule is Nc1ccc(-c2cccs2)cc1NC(=O)c1cn(Cc2ccc3ccccc3c2)nn1. The van der Waals surface area contributed by atoms with Crippen LogP contribution in [0, 0.1) is 0 Å². The van der Waals surface area contributed by atoms with Gasteiger partial charge in [-0.15, -0.1) is 16.4 Å². The Kier molecular flexibility index (Phi) is 4.93. The molecule has 2 heterocycles. The van der Waals surface area contributed by atoms with E-state index in [0.717, 1.165) is 16.0 Å². The van der Waals surface area contributed by atoms with E-state index in [9.17, 15) is 4.79 Å². The molecule has 3 aromatic carbocycles. The predicted molar refractivity (Wildman–Crippen MR) is 125 cm³/mol. The van der Waals surface area contributed by atoms with Crippen LogP contribution in [0.1, 0.15) is 16.1 Å². The van der Waals surface area contributed by atoms with Crippen molar-refractivity contribution >= 4 is 39.4 Å². The van der Waals surface area contributed by atoms with E-state index in [0.29, 0.717) is 17.9 Å². The quantitative estimate of drug-likeness (QED) is 0.386. The molecule has 0 aliphatic rings. The minimum Gasteiger partial charge on any atom is -0.397 e. The van der Waals surface area contributed by atoms with Gasteiger partial charge in [0.25, 0.3) is 5.91 Å². The van der Waals surface area contributed by atoms with E-state index in [1.54, 1.807) is 28.3 Å². The maximum Gasteiger partial charge on any atom is 0.277 e. The first-order valence-electron chi connectivity index (χ1n) is 9.78. The van der Waals surface area contributed by atoms with E-state index >= 15 is 0 Å². The van der Waals surface area contributed by atoms with Crippen molar-refractivity contribution < 1.29 is 4.79 Å². The van der Waals surface area contributed by atoms with Gasteiger partial charge in [-0.05, 0) is 51.5 Å². The number of nitrogen functional groups attached to an aromatic ring is 1. The third-order valence-electron chi connectivity index (χ3n) is 5.04. The van der Waals surface area contributed by atoms with Crippen molar-refractivity contribution in [2.75, 3.05) is 11.1 Å². The highest BCUT2D eigenvalue weighted by Gasteiger charge is 2.14. The summed E-state index contributed by atoms with van der Waals surface area (Å²) in [5.41, 5.74) is 9.45. The number of hydrogen-bond acceptors (Lipinski definition) is 5. The monoisotopic (exact) mass is 425 g/mol.